The Morgan fingerprint density at radius 3 is 2.59 bits per heavy atom. The third-order valence-electron chi connectivity index (χ3n) is 2.88. The van der Waals surface area contributed by atoms with Crippen molar-refractivity contribution in [3.05, 3.63) is 29.6 Å². The van der Waals surface area contributed by atoms with E-state index in [-0.39, 0.29) is 11.7 Å². The van der Waals surface area contributed by atoms with Crippen molar-refractivity contribution in [1.82, 2.24) is 0 Å². The van der Waals surface area contributed by atoms with Crippen molar-refractivity contribution in [3.63, 3.8) is 0 Å². The fraction of sp³-hybridized carbons (Fsp3) is 0.462. The second kappa shape index (κ2) is 5.66. The highest BCUT2D eigenvalue weighted by atomic mass is 19.1. The molecule has 0 aliphatic heterocycles. The number of benzene rings is 1. The smallest absolute Gasteiger partial charge is 0.240 e. The molecule has 2 unspecified atom stereocenters. The summed E-state index contributed by atoms with van der Waals surface area (Å²) in [6.45, 7) is 5.73. The Morgan fingerprint density at radius 2 is 2.12 bits per heavy atom. The minimum absolute atomic E-state index is 0.107. The van der Waals surface area contributed by atoms with Gasteiger partial charge in [-0.3, -0.25) is 4.79 Å². The number of rotatable bonds is 5. The van der Waals surface area contributed by atoms with Crippen LogP contribution in [0.4, 0.5) is 10.1 Å². The molecule has 0 saturated carbocycles. The fourth-order valence-electron chi connectivity index (χ4n) is 1.73. The second-order valence-corrected chi connectivity index (χ2v) is 4.43. The van der Waals surface area contributed by atoms with Gasteiger partial charge in [0.25, 0.3) is 0 Å². The Balaban J connectivity index is 2.89. The molecule has 94 valence electrons. The first kappa shape index (κ1) is 13.5. The van der Waals surface area contributed by atoms with Gasteiger partial charge in [-0.2, -0.15) is 0 Å². The summed E-state index contributed by atoms with van der Waals surface area (Å²) < 4.78 is 13.2. The maximum atomic E-state index is 13.2. The third kappa shape index (κ3) is 3.73. The molecule has 4 heteroatoms. The molecule has 0 bridgehead atoms. The average molecular weight is 238 g/mol. The van der Waals surface area contributed by atoms with Crippen LogP contribution < -0.4 is 11.1 Å². The summed E-state index contributed by atoms with van der Waals surface area (Å²) in [7, 11) is 0. The van der Waals surface area contributed by atoms with Gasteiger partial charge in [0.05, 0.1) is 0 Å². The molecule has 2 atom stereocenters. The molecule has 17 heavy (non-hydrogen) atoms. The summed E-state index contributed by atoms with van der Waals surface area (Å²) in [6.07, 6.45) is 0.828. The predicted molar refractivity (Wildman–Crippen MR) is 67.2 cm³/mol. The van der Waals surface area contributed by atoms with E-state index in [0.29, 0.717) is 5.69 Å². The largest absolute Gasteiger partial charge is 0.373 e. The van der Waals surface area contributed by atoms with Crippen LogP contribution in [0.15, 0.2) is 18.2 Å². The molecule has 0 heterocycles. The van der Waals surface area contributed by atoms with Crippen molar-refractivity contribution in [2.45, 2.75) is 33.2 Å². The normalized spacial score (nSPS) is 14.1. The predicted octanol–water partition coefficient (Wildman–Crippen LogP) is 2.45. The van der Waals surface area contributed by atoms with Gasteiger partial charge < -0.3 is 11.1 Å². The highest BCUT2D eigenvalue weighted by Gasteiger charge is 2.21. The summed E-state index contributed by atoms with van der Waals surface area (Å²) in [4.78, 5) is 11.3. The van der Waals surface area contributed by atoms with Gasteiger partial charge in [0.15, 0.2) is 0 Å². The van der Waals surface area contributed by atoms with E-state index in [2.05, 4.69) is 5.32 Å². The summed E-state index contributed by atoms with van der Waals surface area (Å²) >= 11 is 0. The lowest BCUT2D eigenvalue weighted by Crippen LogP contribution is -2.40. The molecule has 0 aromatic heterocycles. The Hall–Kier alpha value is -1.58. The van der Waals surface area contributed by atoms with Crippen LogP contribution in [-0.4, -0.2) is 11.9 Å². The van der Waals surface area contributed by atoms with Gasteiger partial charge >= 0.3 is 0 Å². The number of primary amides is 1. The number of hydrogen-bond donors (Lipinski definition) is 2. The molecule has 3 nitrogen and oxygen atoms in total. The number of aryl methyl sites for hydroxylation is 1. The van der Waals surface area contributed by atoms with Crippen LogP contribution in [0.25, 0.3) is 0 Å². The van der Waals surface area contributed by atoms with Crippen LogP contribution in [0.2, 0.25) is 0 Å². The third-order valence-corrected chi connectivity index (χ3v) is 2.88. The number of carbonyl (C=O) groups excluding carboxylic acids is 1. The molecule has 0 spiro atoms. The molecule has 0 aliphatic carbocycles. The second-order valence-electron chi connectivity index (χ2n) is 4.43. The van der Waals surface area contributed by atoms with Gasteiger partial charge in [-0.05, 0) is 36.6 Å². The van der Waals surface area contributed by atoms with Crippen molar-refractivity contribution in [1.29, 1.82) is 0 Å². The van der Waals surface area contributed by atoms with Gasteiger partial charge in [0.1, 0.15) is 11.9 Å². The SMILES string of the molecule is CCC(C)C(Nc1cc(C)cc(F)c1)C(N)=O. The number of carbonyl (C=O) groups is 1. The minimum atomic E-state index is -0.471. The van der Waals surface area contributed by atoms with Gasteiger partial charge in [0.2, 0.25) is 5.91 Å². The lowest BCUT2D eigenvalue weighted by molar-refractivity contribution is -0.119. The zero-order chi connectivity index (χ0) is 13.0. The van der Waals surface area contributed by atoms with E-state index in [9.17, 15) is 9.18 Å². The van der Waals surface area contributed by atoms with Crippen molar-refractivity contribution < 1.29 is 9.18 Å². The number of nitrogens with two attached hydrogens (primary N) is 1. The topological polar surface area (TPSA) is 55.1 Å². The molecule has 0 aliphatic rings. The summed E-state index contributed by atoms with van der Waals surface area (Å²) in [5, 5.41) is 3.00. The first-order chi connectivity index (χ1) is 7.93. The Bertz CT molecular complexity index is 386. The maximum absolute atomic E-state index is 13.2. The van der Waals surface area contributed by atoms with E-state index in [4.69, 9.17) is 5.73 Å². The van der Waals surface area contributed by atoms with Crippen molar-refractivity contribution in [2.24, 2.45) is 11.7 Å². The fourth-order valence-corrected chi connectivity index (χ4v) is 1.73. The van der Waals surface area contributed by atoms with E-state index < -0.39 is 11.9 Å². The minimum Gasteiger partial charge on any atom is -0.373 e. The lowest BCUT2D eigenvalue weighted by Gasteiger charge is -2.22. The Morgan fingerprint density at radius 1 is 1.47 bits per heavy atom. The highest BCUT2D eigenvalue weighted by Crippen LogP contribution is 2.18. The van der Waals surface area contributed by atoms with Crippen LogP contribution in [0.5, 0.6) is 0 Å². The van der Waals surface area contributed by atoms with Crippen molar-refractivity contribution in [3.8, 4) is 0 Å². The lowest BCUT2D eigenvalue weighted by atomic mass is 9.98. The molecule has 1 amide bonds. The maximum Gasteiger partial charge on any atom is 0.240 e. The standard InChI is InChI=1S/C13H19FN2O/c1-4-9(3)12(13(15)17)16-11-6-8(2)5-10(14)7-11/h5-7,9,12,16H,4H2,1-3H3,(H2,15,17). The van der Waals surface area contributed by atoms with Crippen LogP contribution >= 0.6 is 0 Å². The van der Waals surface area contributed by atoms with Gasteiger partial charge in [-0.25, -0.2) is 4.39 Å². The summed E-state index contributed by atoms with van der Waals surface area (Å²) in [5.41, 5.74) is 6.74. The zero-order valence-electron chi connectivity index (χ0n) is 10.5. The van der Waals surface area contributed by atoms with Crippen LogP contribution in [0.3, 0.4) is 0 Å². The molecule has 0 fully saturated rings. The zero-order valence-corrected chi connectivity index (χ0v) is 10.5. The molecule has 0 radical (unpaired) electrons. The van der Waals surface area contributed by atoms with E-state index in [1.165, 1.54) is 12.1 Å². The van der Waals surface area contributed by atoms with Gasteiger partial charge in [0, 0.05) is 5.69 Å². The molecule has 1 aromatic rings. The van der Waals surface area contributed by atoms with Gasteiger partial charge in [-0.1, -0.05) is 20.3 Å². The molecule has 3 N–H and O–H groups in total. The van der Waals surface area contributed by atoms with E-state index >= 15 is 0 Å². The summed E-state index contributed by atoms with van der Waals surface area (Å²) in [6, 6.07) is 4.13. The van der Waals surface area contributed by atoms with E-state index in [1.54, 1.807) is 13.0 Å². The molecule has 1 rings (SSSR count). The average Bonchev–Trinajstić information content (AvgIpc) is 2.23. The van der Waals surface area contributed by atoms with E-state index in [1.807, 2.05) is 13.8 Å². The Kier molecular flexibility index (Phi) is 4.49. The van der Waals surface area contributed by atoms with E-state index in [0.717, 1.165) is 12.0 Å². The number of anilines is 1. The Labute approximate surface area is 101 Å². The molecular formula is C13H19FN2O. The number of halogens is 1. The summed E-state index contributed by atoms with van der Waals surface area (Å²) in [5.74, 6) is -0.628. The monoisotopic (exact) mass is 238 g/mol. The van der Waals surface area contributed by atoms with Crippen LogP contribution in [-0.2, 0) is 4.79 Å². The number of hydrogen-bond acceptors (Lipinski definition) is 2. The van der Waals surface area contributed by atoms with Gasteiger partial charge in [-0.15, -0.1) is 0 Å². The molecule has 0 saturated heterocycles. The van der Waals surface area contributed by atoms with Crippen LogP contribution in [0, 0.1) is 18.7 Å². The van der Waals surface area contributed by atoms with Crippen LogP contribution in [0.1, 0.15) is 25.8 Å². The molecular weight excluding hydrogens is 219 g/mol. The first-order valence-corrected chi connectivity index (χ1v) is 5.77. The van der Waals surface area contributed by atoms with Crippen molar-refractivity contribution >= 4 is 11.6 Å². The number of amides is 1. The highest BCUT2D eigenvalue weighted by molar-refractivity contribution is 5.83. The molecule has 1 aromatic carbocycles. The first-order valence-electron chi connectivity index (χ1n) is 5.77. The number of nitrogens with one attached hydrogen (secondary N) is 1. The quantitative estimate of drug-likeness (QED) is 0.827. The van der Waals surface area contributed by atoms with Crippen molar-refractivity contribution in [2.75, 3.05) is 5.32 Å².